The van der Waals surface area contributed by atoms with Crippen LogP contribution in [0.3, 0.4) is 0 Å². The van der Waals surface area contributed by atoms with E-state index in [0.29, 0.717) is 0 Å². The average Bonchev–Trinajstić information content (AvgIpc) is 3.85. The Morgan fingerprint density at radius 1 is 0.464 bits per heavy atom. The molecule has 5 nitrogen and oxygen atoms in total. The topological polar surface area (TPSA) is 43.8 Å². The van der Waals surface area contributed by atoms with Gasteiger partial charge in [-0.25, -0.2) is 9.97 Å². The molecule has 0 bridgehead atoms. The Bertz CT molecular complexity index is 3340. The van der Waals surface area contributed by atoms with Gasteiger partial charge in [-0.1, -0.05) is 115 Å². The molecule has 0 radical (unpaired) electrons. The fraction of sp³-hybridized carbons (Fsp3) is 0.0588. The van der Waals surface area contributed by atoms with Gasteiger partial charge in [-0.15, -0.1) is 0 Å². The number of imidazole rings is 2. The number of fused-ring (bicyclic) bond motifs is 12. The summed E-state index contributed by atoms with van der Waals surface area (Å²) in [5.41, 5.74) is 14.3. The minimum absolute atomic E-state index is 0.742. The average molecular weight is 721 g/mol. The number of rotatable bonds is 5. The monoisotopic (exact) mass is 720 g/mol. The second kappa shape index (κ2) is 12.4. The van der Waals surface area contributed by atoms with Crippen LogP contribution in [0.4, 0.5) is 0 Å². The maximum atomic E-state index is 6.79. The SMILES string of the molecule is Cc1cc(C)c(-c2cnc3c4cc(Oc5ccc6c7ccccc7n7c(-c8ccccc8)c(-c8ccccc8)nc7c6c5)ccc4c4ccccc4n23)c(C)c1. The molecule has 0 saturated heterocycles. The summed E-state index contributed by atoms with van der Waals surface area (Å²) < 4.78 is 11.4. The molecule has 0 aliphatic carbocycles. The quantitative estimate of drug-likeness (QED) is 0.166. The van der Waals surface area contributed by atoms with E-state index in [1.807, 2.05) is 12.3 Å². The highest BCUT2D eigenvalue weighted by molar-refractivity contribution is 6.14. The van der Waals surface area contributed by atoms with Crippen LogP contribution in [0.5, 0.6) is 11.5 Å². The van der Waals surface area contributed by atoms with Crippen molar-refractivity contribution in [3.63, 3.8) is 0 Å². The Morgan fingerprint density at radius 3 is 1.62 bits per heavy atom. The lowest BCUT2D eigenvalue weighted by atomic mass is 9.97. The van der Waals surface area contributed by atoms with Gasteiger partial charge in [0.2, 0.25) is 0 Å². The Morgan fingerprint density at radius 2 is 1.00 bits per heavy atom. The maximum absolute atomic E-state index is 6.79. The van der Waals surface area contributed by atoms with Crippen molar-refractivity contribution in [1.82, 2.24) is 18.8 Å². The van der Waals surface area contributed by atoms with Crippen LogP contribution in [-0.4, -0.2) is 18.8 Å². The summed E-state index contributed by atoms with van der Waals surface area (Å²) in [5.74, 6) is 1.49. The number of benzene rings is 7. The predicted octanol–water partition coefficient (Wildman–Crippen LogP) is 13.3. The second-order valence-corrected chi connectivity index (χ2v) is 14.8. The smallest absolute Gasteiger partial charge is 0.146 e. The number of hydrogen-bond acceptors (Lipinski definition) is 3. The van der Waals surface area contributed by atoms with Crippen LogP contribution in [-0.2, 0) is 0 Å². The number of pyridine rings is 2. The standard InChI is InChI=1S/C51H36N4O/c1-31-26-32(2)47(33(3)27-31)46-30-52-50-42-28-36(22-24-38(42)40-18-10-12-20-44(40)54(46)50)56-37-23-25-39-41-19-11-13-21-45(41)55-49(35-16-8-5-9-17-35)48(34-14-6-4-7-15-34)53-51(55)43(39)29-37/h4-30H,1-3H3. The largest absolute Gasteiger partial charge is 0.457 e. The molecule has 0 fully saturated rings. The fourth-order valence-electron chi connectivity index (χ4n) is 8.98. The van der Waals surface area contributed by atoms with Crippen LogP contribution in [0.25, 0.3) is 88.4 Å². The van der Waals surface area contributed by atoms with E-state index in [2.05, 4.69) is 181 Å². The molecule has 11 aromatic rings. The summed E-state index contributed by atoms with van der Waals surface area (Å²) in [4.78, 5) is 10.5. The number of hydrogen-bond donors (Lipinski definition) is 0. The minimum atomic E-state index is 0.742. The molecule has 4 aromatic heterocycles. The van der Waals surface area contributed by atoms with Crippen molar-refractivity contribution in [3.05, 3.63) is 181 Å². The van der Waals surface area contributed by atoms with Crippen molar-refractivity contribution in [2.45, 2.75) is 20.8 Å². The maximum Gasteiger partial charge on any atom is 0.146 e. The summed E-state index contributed by atoms with van der Waals surface area (Å²) in [6, 6.07) is 55.5. The van der Waals surface area contributed by atoms with Gasteiger partial charge < -0.3 is 4.74 Å². The fourth-order valence-corrected chi connectivity index (χ4v) is 8.98. The predicted molar refractivity (Wildman–Crippen MR) is 231 cm³/mol. The molecule has 0 atom stereocenters. The summed E-state index contributed by atoms with van der Waals surface area (Å²) in [7, 11) is 0. The van der Waals surface area contributed by atoms with E-state index < -0.39 is 0 Å². The summed E-state index contributed by atoms with van der Waals surface area (Å²) in [6.07, 6.45) is 2.02. The molecule has 0 saturated carbocycles. The molecule has 0 spiro atoms. The van der Waals surface area contributed by atoms with Crippen molar-refractivity contribution < 1.29 is 4.74 Å². The van der Waals surface area contributed by atoms with Gasteiger partial charge in [0, 0.05) is 38.2 Å². The van der Waals surface area contributed by atoms with Crippen molar-refractivity contribution in [2.24, 2.45) is 0 Å². The summed E-state index contributed by atoms with van der Waals surface area (Å²) in [5, 5.41) is 6.66. The van der Waals surface area contributed by atoms with Crippen LogP contribution >= 0.6 is 0 Å². The van der Waals surface area contributed by atoms with E-state index in [-0.39, 0.29) is 0 Å². The van der Waals surface area contributed by atoms with Gasteiger partial charge in [0.1, 0.15) is 22.8 Å². The minimum Gasteiger partial charge on any atom is -0.457 e. The van der Waals surface area contributed by atoms with E-state index >= 15 is 0 Å². The first-order chi connectivity index (χ1) is 27.5. The molecule has 0 aliphatic rings. The van der Waals surface area contributed by atoms with Crippen molar-refractivity contribution in [2.75, 3.05) is 0 Å². The van der Waals surface area contributed by atoms with Gasteiger partial charge in [0.05, 0.1) is 34.3 Å². The summed E-state index contributed by atoms with van der Waals surface area (Å²) in [6.45, 7) is 6.54. The Kier molecular flexibility index (Phi) is 7.13. The van der Waals surface area contributed by atoms with Crippen molar-refractivity contribution in [1.29, 1.82) is 0 Å². The third-order valence-electron chi connectivity index (χ3n) is 11.2. The molecule has 11 rings (SSSR count). The van der Waals surface area contributed by atoms with E-state index in [1.165, 1.54) is 27.6 Å². The molecular formula is C51H36N4O. The number of ether oxygens (including phenoxy) is 1. The van der Waals surface area contributed by atoms with E-state index in [9.17, 15) is 0 Å². The van der Waals surface area contributed by atoms with Crippen LogP contribution in [0.1, 0.15) is 16.7 Å². The molecule has 0 aliphatic heterocycles. The van der Waals surface area contributed by atoms with Gasteiger partial charge in [0.15, 0.2) is 0 Å². The molecule has 0 N–H and O–H groups in total. The Labute approximate surface area is 323 Å². The van der Waals surface area contributed by atoms with Crippen LogP contribution in [0, 0.1) is 20.8 Å². The highest BCUT2D eigenvalue weighted by Crippen LogP contribution is 2.42. The lowest BCUT2D eigenvalue weighted by Crippen LogP contribution is -1.97. The number of para-hydroxylation sites is 2. The Balaban J connectivity index is 1.11. The first-order valence-corrected chi connectivity index (χ1v) is 19.1. The zero-order valence-electron chi connectivity index (χ0n) is 31.3. The summed E-state index contributed by atoms with van der Waals surface area (Å²) >= 11 is 0. The molecule has 0 amide bonds. The zero-order chi connectivity index (χ0) is 37.5. The molecule has 266 valence electrons. The third-order valence-corrected chi connectivity index (χ3v) is 11.2. The van der Waals surface area contributed by atoms with Gasteiger partial charge >= 0.3 is 0 Å². The first-order valence-electron chi connectivity index (χ1n) is 19.1. The van der Waals surface area contributed by atoms with Gasteiger partial charge in [0.25, 0.3) is 0 Å². The molecule has 4 heterocycles. The van der Waals surface area contributed by atoms with Crippen molar-refractivity contribution in [3.8, 4) is 45.3 Å². The van der Waals surface area contributed by atoms with E-state index in [0.717, 1.165) is 89.0 Å². The lowest BCUT2D eigenvalue weighted by molar-refractivity contribution is 0.484. The third kappa shape index (κ3) is 4.87. The van der Waals surface area contributed by atoms with Gasteiger partial charge in [-0.2, -0.15) is 0 Å². The van der Waals surface area contributed by atoms with Crippen molar-refractivity contribution >= 4 is 54.6 Å². The molecule has 56 heavy (non-hydrogen) atoms. The van der Waals surface area contributed by atoms with Crippen LogP contribution in [0.2, 0.25) is 0 Å². The number of aryl methyl sites for hydroxylation is 3. The molecule has 7 aromatic carbocycles. The molecule has 5 heteroatoms. The first kappa shape index (κ1) is 32.2. The highest BCUT2D eigenvalue weighted by Gasteiger charge is 2.22. The zero-order valence-corrected chi connectivity index (χ0v) is 31.3. The molecular weight excluding hydrogens is 685 g/mol. The van der Waals surface area contributed by atoms with E-state index in [1.54, 1.807) is 0 Å². The van der Waals surface area contributed by atoms with E-state index in [4.69, 9.17) is 14.7 Å². The van der Waals surface area contributed by atoms with Crippen LogP contribution < -0.4 is 4.74 Å². The number of aromatic nitrogens is 4. The Hall–Kier alpha value is -7.24. The van der Waals surface area contributed by atoms with Gasteiger partial charge in [-0.05, 0) is 91.2 Å². The lowest BCUT2D eigenvalue weighted by Gasteiger charge is -2.15. The highest BCUT2D eigenvalue weighted by atomic mass is 16.5. The van der Waals surface area contributed by atoms with Crippen LogP contribution in [0.15, 0.2) is 164 Å². The molecule has 0 unspecified atom stereocenters. The normalized spacial score (nSPS) is 11.8. The van der Waals surface area contributed by atoms with Gasteiger partial charge in [-0.3, -0.25) is 8.80 Å². The second-order valence-electron chi connectivity index (χ2n) is 14.8. The number of nitrogens with zero attached hydrogens (tertiary/aromatic N) is 4.